The van der Waals surface area contributed by atoms with E-state index in [0.29, 0.717) is 0 Å². The molecule has 0 spiro atoms. The molecule has 0 aliphatic heterocycles. The van der Waals surface area contributed by atoms with Gasteiger partial charge in [-0.3, -0.25) is 0 Å². The highest BCUT2D eigenvalue weighted by Gasteiger charge is 2.15. The largest absolute Gasteiger partial charge is 0.311 e. The first-order chi connectivity index (χ1) is 10.3. The molecule has 0 unspecified atom stereocenters. The molecular weight excluding hydrogens is 364 g/mol. The molecule has 0 atom stereocenters. The molecule has 5 heteroatoms. The first-order valence-corrected chi connectivity index (χ1v) is 9.22. The third-order valence-electron chi connectivity index (χ3n) is 3.06. The van der Waals surface area contributed by atoms with Crippen LogP contribution in [0.5, 0.6) is 0 Å². The first-order valence-electron chi connectivity index (χ1n) is 6.79. The topological polar surface area (TPSA) is 24.9 Å². The van der Waals surface area contributed by atoms with Crippen molar-refractivity contribution in [2.45, 2.75) is 13.5 Å². The van der Waals surface area contributed by atoms with Gasteiger partial charge in [-0.25, -0.2) is 4.98 Å². The van der Waals surface area contributed by atoms with Crippen molar-refractivity contribution in [1.29, 1.82) is 0 Å². The molecule has 1 aromatic carbocycles. The summed E-state index contributed by atoms with van der Waals surface area (Å²) in [5.74, 6) is 0. The van der Waals surface area contributed by atoms with Gasteiger partial charge in [0.15, 0.2) is 0 Å². The number of benzene rings is 1. The van der Waals surface area contributed by atoms with Crippen molar-refractivity contribution in [1.82, 2.24) is 10.3 Å². The van der Waals surface area contributed by atoms with E-state index in [-0.39, 0.29) is 0 Å². The van der Waals surface area contributed by atoms with Crippen LogP contribution in [0.3, 0.4) is 0 Å². The molecule has 2 heterocycles. The Labute approximate surface area is 141 Å². The van der Waals surface area contributed by atoms with Crippen molar-refractivity contribution in [3.05, 3.63) is 51.9 Å². The Kier molecular flexibility index (Phi) is 4.85. The van der Waals surface area contributed by atoms with E-state index in [1.54, 1.807) is 22.7 Å². The van der Waals surface area contributed by atoms with Gasteiger partial charge in [-0.1, -0.05) is 37.3 Å². The molecule has 108 valence electrons. The molecule has 3 aromatic rings. The molecule has 0 saturated carbocycles. The van der Waals surface area contributed by atoms with Gasteiger partial charge in [-0.15, -0.1) is 22.7 Å². The SMILES string of the molecule is CCNCc1nc(-c2ccc(Br)s2)sc1-c1ccccc1. The van der Waals surface area contributed by atoms with E-state index in [2.05, 4.69) is 64.6 Å². The van der Waals surface area contributed by atoms with Crippen LogP contribution < -0.4 is 5.32 Å². The van der Waals surface area contributed by atoms with E-state index in [1.807, 2.05) is 6.07 Å². The number of nitrogens with zero attached hydrogens (tertiary/aromatic N) is 1. The fourth-order valence-electron chi connectivity index (χ4n) is 2.06. The van der Waals surface area contributed by atoms with Crippen LogP contribution in [-0.4, -0.2) is 11.5 Å². The van der Waals surface area contributed by atoms with E-state index in [1.165, 1.54) is 15.3 Å². The van der Waals surface area contributed by atoms with E-state index in [9.17, 15) is 0 Å². The minimum absolute atomic E-state index is 0.809. The second-order valence-electron chi connectivity index (χ2n) is 4.54. The van der Waals surface area contributed by atoms with Gasteiger partial charge in [-0.05, 0) is 40.2 Å². The van der Waals surface area contributed by atoms with Gasteiger partial charge in [0.2, 0.25) is 0 Å². The fourth-order valence-corrected chi connectivity index (χ4v) is 4.59. The number of halogens is 1. The summed E-state index contributed by atoms with van der Waals surface area (Å²) >= 11 is 7.02. The average Bonchev–Trinajstić information content (AvgIpc) is 3.12. The molecule has 3 rings (SSSR count). The predicted molar refractivity (Wildman–Crippen MR) is 95.9 cm³/mol. The molecule has 0 amide bonds. The molecule has 1 N–H and O–H groups in total. The zero-order chi connectivity index (χ0) is 14.7. The van der Waals surface area contributed by atoms with Gasteiger partial charge >= 0.3 is 0 Å². The van der Waals surface area contributed by atoms with E-state index < -0.39 is 0 Å². The standard InChI is InChI=1S/C16H15BrN2S2/c1-2-18-10-12-15(11-6-4-3-5-7-11)21-16(19-12)13-8-9-14(17)20-13/h3-9,18H,2,10H2,1H3. The van der Waals surface area contributed by atoms with Crippen molar-refractivity contribution in [3.63, 3.8) is 0 Å². The highest BCUT2D eigenvalue weighted by molar-refractivity contribution is 9.11. The Bertz CT molecular complexity index is 719. The molecule has 0 fully saturated rings. The summed E-state index contributed by atoms with van der Waals surface area (Å²) in [5, 5.41) is 4.48. The smallest absolute Gasteiger partial charge is 0.134 e. The quantitative estimate of drug-likeness (QED) is 0.641. The number of rotatable bonds is 5. The summed E-state index contributed by atoms with van der Waals surface area (Å²) in [7, 11) is 0. The lowest BCUT2D eigenvalue weighted by atomic mass is 10.1. The Balaban J connectivity index is 2.03. The Hall–Kier alpha value is -1.01. The van der Waals surface area contributed by atoms with Gasteiger partial charge in [0.25, 0.3) is 0 Å². The van der Waals surface area contributed by atoms with Crippen LogP contribution in [0, 0.1) is 0 Å². The maximum absolute atomic E-state index is 4.85. The molecular formula is C16H15BrN2S2. The monoisotopic (exact) mass is 378 g/mol. The Morgan fingerprint density at radius 1 is 1.10 bits per heavy atom. The van der Waals surface area contributed by atoms with Crippen LogP contribution in [0.25, 0.3) is 20.3 Å². The van der Waals surface area contributed by atoms with Gasteiger partial charge in [-0.2, -0.15) is 0 Å². The first kappa shape index (κ1) is 14.9. The van der Waals surface area contributed by atoms with Gasteiger partial charge in [0.1, 0.15) is 5.01 Å². The summed E-state index contributed by atoms with van der Waals surface area (Å²) in [6.45, 7) is 3.88. The fraction of sp³-hybridized carbons (Fsp3) is 0.188. The molecule has 0 radical (unpaired) electrons. The molecule has 0 bridgehead atoms. The van der Waals surface area contributed by atoms with Crippen LogP contribution in [0.4, 0.5) is 0 Å². The van der Waals surface area contributed by atoms with Crippen molar-refractivity contribution in [2.24, 2.45) is 0 Å². The van der Waals surface area contributed by atoms with E-state index >= 15 is 0 Å². The van der Waals surface area contributed by atoms with E-state index in [0.717, 1.165) is 27.6 Å². The van der Waals surface area contributed by atoms with Crippen molar-refractivity contribution in [3.8, 4) is 20.3 Å². The Morgan fingerprint density at radius 2 is 1.90 bits per heavy atom. The van der Waals surface area contributed by atoms with Crippen LogP contribution in [0.2, 0.25) is 0 Å². The van der Waals surface area contributed by atoms with Crippen molar-refractivity contribution < 1.29 is 0 Å². The maximum Gasteiger partial charge on any atom is 0.134 e. The Morgan fingerprint density at radius 3 is 2.57 bits per heavy atom. The minimum atomic E-state index is 0.809. The van der Waals surface area contributed by atoms with Crippen molar-refractivity contribution >= 4 is 38.6 Å². The molecule has 0 aliphatic rings. The number of hydrogen-bond acceptors (Lipinski definition) is 4. The third kappa shape index (κ3) is 3.43. The van der Waals surface area contributed by atoms with Crippen molar-refractivity contribution in [2.75, 3.05) is 6.54 Å². The van der Waals surface area contributed by atoms with Gasteiger partial charge in [0.05, 0.1) is 19.2 Å². The van der Waals surface area contributed by atoms with Crippen LogP contribution in [0.15, 0.2) is 46.3 Å². The summed E-state index contributed by atoms with van der Waals surface area (Å²) < 4.78 is 1.14. The number of thiophene rings is 1. The maximum atomic E-state index is 4.85. The zero-order valence-corrected chi connectivity index (χ0v) is 14.8. The number of aromatic nitrogens is 1. The molecule has 0 saturated heterocycles. The molecule has 2 nitrogen and oxygen atoms in total. The van der Waals surface area contributed by atoms with Crippen LogP contribution >= 0.6 is 38.6 Å². The van der Waals surface area contributed by atoms with Gasteiger partial charge < -0.3 is 5.32 Å². The lowest BCUT2D eigenvalue weighted by molar-refractivity contribution is 0.716. The summed E-state index contributed by atoms with van der Waals surface area (Å²) in [4.78, 5) is 7.33. The molecule has 21 heavy (non-hydrogen) atoms. The second kappa shape index (κ2) is 6.83. The molecule has 2 aromatic heterocycles. The molecule has 0 aliphatic carbocycles. The summed E-state index contributed by atoms with van der Waals surface area (Å²) in [6, 6.07) is 14.7. The number of thiazole rings is 1. The lowest BCUT2D eigenvalue weighted by Gasteiger charge is -2.02. The minimum Gasteiger partial charge on any atom is -0.311 e. The highest BCUT2D eigenvalue weighted by atomic mass is 79.9. The van der Waals surface area contributed by atoms with Crippen LogP contribution in [0.1, 0.15) is 12.6 Å². The number of nitrogens with one attached hydrogen (secondary N) is 1. The van der Waals surface area contributed by atoms with Crippen LogP contribution in [-0.2, 0) is 6.54 Å². The second-order valence-corrected chi connectivity index (χ2v) is 8.01. The highest BCUT2D eigenvalue weighted by Crippen LogP contribution is 2.39. The average molecular weight is 379 g/mol. The lowest BCUT2D eigenvalue weighted by Crippen LogP contribution is -2.12. The third-order valence-corrected chi connectivity index (χ3v) is 6.00. The zero-order valence-electron chi connectivity index (χ0n) is 11.6. The summed E-state index contributed by atoms with van der Waals surface area (Å²) in [5.41, 5.74) is 2.37. The van der Waals surface area contributed by atoms with Gasteiger partial charge in [0, 0.05) is 6.54 Å². The van der Waals surface area contributed by atoms with E-state index in [4.69, 9.17) is 4.98 Å². The number of hydrogen-bond donors (Lipinski definition) is 1. The normalized spacial score (nSPS) is 11.0. The predicted octanol–water partition coefficient (Wildman–Crippen LogP) is 5.41. The summed E-state index contributed by atoms with van der Waals surface area (Å²) in [6.07, 6.45) is 0.